The van der Waals surface area contributed by atoms with E-state index in [2.05, 4.69) is 11.9 Å². The Morgan fingerprint density at radius 1 is 1.28 bits per heavy atom. The van der Waals surface area contributed by atoms with Crippen molar-refractivity contribution in [3.8, 4) is 0 Å². The number of aromatic amines is 1. The van der Waals surface area contributed by atoms with Gasteiger partial charge in [-0.05, 0) is 31.6 Å². The van der Waals surface area contributed by atoms with Crippen molar-refractivity contribution in [2.24, 2.45) is 5.92 Å². The van der Waals surface area contributed by atoms with E-state index in [4.69, 9.17) is 4.98 Å². The molecule has 2 fully saturated rings. The maximum atomic E-state index is 11.7. The van der Waals surface area contributed by atoms with E-state index in [1.165, 1.54) is 44.9 Å². The third-order valence-corrected chi connectivity index (χ3v) is 4.52. The summed E-state index contributed by atoms with van der Waals surface area (Å²) in [7, 11) is 0. The molecule has 1 N–H and O–H groups in total. The first-order valence-corrected chi connectivity index (χ1v) is 7.37. The standard InChI is InChI=1S/C15H22N2O/c1-2-10-4-3-5-12(8-10)15-16-13(11-6-7-11)9-14(18)17-15/h9-12H,2-8H2,1H3,(H,16,17,18). The van der Waals surface area contributed by atoms with E-state index in [1.807, 2.05) is 0 Å². The lowest BCUT2D eigenvalue weighted by Crippen LogP contribution is -2.20. The molecule has 98 valence electrons. The number of aromatic nitrogens is 2. The molecule has 3 rings (SSSR count). The SMILES string of the molecule is CCC1CCCC(c2nc(C3CC3)cc(=O)[nH]2)C1. The molecule has 0 saturated heterocycles. The Balaban J connectivity index is 1.84. The van der Waals surface area contributed by atoms with Crippen LogP contribution in [0.25, 0.3) is 0 Å². The van der Waals surface area contributed by atoms with Crippen molar-refractivity contribution in [1.29, 1.82) is 0 Å². The van der Waals surface area contributed by atoms with Crippen LogP contribution >= 0.6 is 0 Å². The molecule has 0 radical (unpaired) electrons. The van der Waals surface area contributed by atoms with Gasteiger partial charge in [-0.2, -0.15) is 0 Å². The van der Waals surface area contributed by atoms with Crippen molar-refractivity contribution < 1.29 is 0 Å². The molecule has 3 nitrogen and oxygen atoms in total. The van der Waals surface area contributed by atoms with Crippen LogP contribution in [0.15, 0.2) is 10.9 Å². The predicted octanol–water partition coefficient (Wildman–Crippen LogP) is 3.33. The largest absolute Gasteiger partial charge is 0.310 e. The van der Waals surface area contributed by atoms with Crippen LogP contribution in [0.3, 0.4) is 0 Å². The highest BCUT2D eigenvalue weighted by Crippen LogP contribution is 2.40. The quantitative estimate of drug-likeness (QED) is 0.889. The summed E-state index contributed by atoms with van der Waals surface area (Å²) in [6, 6.07) is 1.70. The highest BCUT2D eigenvalue weighted by Gasteiger charge is 2.28. The van der Waals surface area contributed by atoms with E-state index in [9.17, 15) is 4.79 Å². The summed E-state index contributed by atoms with van der Waals surface area (Å²) < 4.78 is 0. The fourth-order valence-electron chi connectivity index (χ4n) is 3.19. The van der Waals surface area contributed by atoms with Gasteiger partial charge in [0.1, 0.15) is 5.82 Å². The van der Waals surface area contributed by atoms with E-state index in [1.54, 1.807) is 6.07 Å². The van der Waals surface area contributed by atoms with Gasteiger partial charge in [-0.3, -0.25) is 4.79 Å². The minimum absolute atomic E-state index is 0.0421. The average Bonchev–Trinajstić information content (AvgIpc) is 3.22. The molecule has 2 unspecified atom stereocenters. The Morgan fingerprint density at radius 2 is 2.11 bits per heavy atom. The van der Waals surface area contributed by atoms with Crippen molar-refractivity contribution in [3.63, 3.8) is 0 Å². The first-order valence-electron chi connectivity index (χ1n) is 7.37. The lowest BCUT2D eigenvalue weighted by molar-refractivity contribution is 0.306. The number of rotatable bonds is 3. The van der Waals surface area contributed by atoms with Crippen molar-refractivity contribution in [1.82, 2.24) is 9.97 Å². The van der Waals surface area contributed by atoms with Gasteiger partial charge in [0.15, 0.2) is 0 Å². The van der Waals surface area contributed by atoms with Crippen LogP contribution in [-0.2, 0) is 0 Å². The number of hydrogen-bond donors (Lipinski definition) is 1. The molecule has 2 saturated carbocycles. The van der Waals surface area contributed by atoms with E-state index in [-0.39, 0.29) is 5.56 Å². The molecule has 0 aliphatic heterocycles. The van der Waals surface area contributed by atoms with E-state index < -0.39 is 0 Å². The Bertz CT molecular complexity index is 476. The maximum Gasteiger partial charge on any atom is 0.251 e. The second-order valence-electron chi connectivity index (χ2n) is 5.97. The van der Waals surface area contributed by atoms with Gasteiger partial charge < -0.3 is 4.98 Å². The highest BCUT2D eigenvalue weighted by molar-refractivity contribution is 5.15. The Labute approximate surface area is 108 Å². The molecular formula is C15H22N2O. The minimum atomic E-state index is 0.0421. The van der Waals surface area contributed by atoms with E-state index in [0.717, 1.165) is 17.4 Å². The molecule has 0 spiro atoms. The molecule has 2 aliphatic rings. The van der Waals surface area contributed by atoms with Gasteiger partial charge in [0, 0.05) is 17.9 Å². The molecule has 0 amide bonds. The number of H-pyrrole nitrogens is 1. The summed E-state index contributed by atoms with van der Waals surface area (Å²) in [5.41, 5.74) is 1.08. The van der Waals surface area contributed by atoms with Gasteiger partial charge >= 0.3 is 0 Å². The van der Waals surface area contributed by atoms with Gasteiger partial charge in [-0.1, -0.05) is 26.2 Å². The molecule has 1 aromatic rings. The summed E-state index contributed by atoms with van der Waals surface area (Å²) in [4.78, 5) is 19.5. The summed E-state index contributed by atoms with van der Waals surface area (Å²) in [5, 5.41) is 0. The molecule has 18 heavy (non-hydrogen) atoms. The molecule has 2 aliphatic carbocycles. The van der Waals surface area contributed by atoms with Gasteiger partial charge in [-0.25, -0.2) is 4.98 Å². The summed E-state index contributed by atoms with van der Waals surface area (Å²) >= 11 is 0. The third kappa shape index (κ3) is 2.50. The number of nitrogens with one attached hydrogen (secondary N) is 1. The summed E-state index contributed by atoms with van der Waals surface area (Å²) in [6.45, 7) is 2.27. The van der Waals surface area contributed by atoms with E-state index >= 15 is 0 Å². The second-order valence-corrected chi connectivity index (χ2v) is 5.97. The fraction of sp³-hybridized carbons (Fsp3) is 0.733. The maximum absolute atomic E-state index is 11.7. The molecule has 3 heteroatoms. The van der Waals surface area contributed by atoms with Crippen LogP contribution in [0.2, 0.25) is 0 Å². The van der Waals surface area contributed by atoms with Gasteiger partial charge in [0.25, 0.3) is 5.56 Å². The zero-order valence-electron chi connectivity index (χ0n) is 11.1. The topological polar surface area (TPSA) is 45.8 Å². The molecular weight excluding hydrogens is 224 g/mol. The first-order chi connectivity index (χ1) is 8.76. The normalized spacial score (nSPS) is 28.3. The zero-order valence-corrected chi connectivity index (χ0v) is 11.1. The third-order valence-electron chi connectivity index (χ3n) is 4.52. The molecule has 2 atom stereocenters. The van der Waals surface area contributed by atoms with Crippen LogP contribution in [0.1, 0.15) is 75.2 Å². The molecule has 1 aromatic heterocycles. The van der Waals surface area contributed by atoms with Crippen LogP contribution in [0, 0.1) is 5.92 Å². The number of nitrogens with zero attached hydrogens (tertiary/aromatic N) is 1. The van der Waals surface area contributed by atoms with Crippen molar-refractivity contribution in [3.05, 3.63) is 27.9 Å². The summed E-state index contributed by atoms with van der Waals surface area (Å²) in [6.07, 6.45) is 8.68. The van der Waals surface area contributed by atoms with Gasteiger partial charge in [0.05, 0.1) is 5.69 Å². The molecule has 0 bridgehead atoms. The summed E-state index contributed by atoms with van der Waals surface area (Å²) in [5.74, 6) is 2.83. The van der Waals surface area contributed by atoms with Crippen LogP contribution < -0.4 is 5.56 Å². The number of hydrogen-bond acceptors (Lipinski definition) is 2. The van der Waals surface area contributed by atoms with Crippen LogP contribution in [0.5, 0.6) is 0 Å². The molecule has 0 aromatic carbocycles. The Hall–Kier alpha value is -1.12. The van der Waals surface area contributed by atoms with Crippen molar-refractivity contribution >= 4 is 0 Å². The van der Waals surface area contributed by atoms with Crippen molar-refractivity contribution in [2.75, 3.05) is 0 Å². The predicted molar refractivity (Wildman–Crippen MR) is 71.8 cm³/mol. The fourth-order valence-corrected chi connectivity index (χ4v) is 3.19. The average molecular weight is 246 g/mol. The Morgan fingerprint density at radius 3 is 2.83 bits per heavy atom. The second kappa shape index (κ2) is 4.87. The zero-order chi connectivity index (χ0) is 12.5. The monoisotopic (exact) mass is 246 g/mol. The van der Waals surface area contributed by atoms with Gasteiger partial charge in [0.2, 0.25) is 0 Å². The van der Waals surface area contributed by atoms with E-state index in [0.29, 0.717) is 11.8 Å². The highest BCUT2D eigenvalue weighted by atomic mass is 16.1. The lowest BCUT2D eigenvalue weighted by Gasteiger charge is -2.27. The minimum Gasteiger partial charge on any atom is -0.310 e. The van der Waals surface area contributed by atoms with Crippen LogP contribution in [0.4, 0.5) is 0 Å². The molecule has 1 heterocycles. The Kier molecular flexibility index (Phi) is 3.23. The van der Waals surface area contributed by atoms with Crippen LogP contribution in [-0.4, -0.2) is 9.97 Å². The first kappa shape index (κ1) is 11.9. The lowest BCUT2D eigenvalue weighted by atomic mass is 9.80. The smallest absolute Gasteiger partial charge is 0.251 e. The van der Waals surface area contributed by atoms with Crippen molar-refractivity contribution in [2.45, 2.75) is 63.7 Å². The van der Waals surface area contributed by atoms with Gasteiger partial charge in [-0.15, -0.1) is 0 Å².